The van der Waals surface area contributed by atoms with Crippen LogP contribution in [0.2, 0.25) is 5.02 Å². The fourth-order valence-electron chi connectivity index (χ4n) is 9.33. The number of nitrogens with one attached hydrogen (secondary N) is 3. The first-order chi connectivity index (χ1) is 31.7. The molecule has 4 amide bonds. The zero-order valence-electron chi connectivity index (χ0n) is 39.6. The van der Waals surface area contributed by atoms with Crippen molar-refractivity contribution < 1.29 is 38.5 Å². The molecule has 1 aliphatic carbocycles. The Balaban J connectivity index is 0.878. The fraction of sp³-hybridized carbons (Fsp3) is 0.490. The van der Waals surface area contributed by atoms with Gasteiger partial charge in [-0.05, 0) is 79.1 Å². The molecule has 6 rings (SSSR count). The Labute approximate surface area is 402 Å². The van der Waals surface area contributed by atoms with Gasteiger partial charge in [-0.25, -0.2) is 4.98 Å². The molecule has 0 spiro atoms. The van der Waals surface area contributed by atoms with Gasteiger partial charge in [-0.1, -0.05) is 84.3 Å². The van der Waals surface area contributed by atoms with Crippen LogP contribution < -0.4 is 25.4 Å². The van der Waals surface area contributed by atoms with E-state index in [2.05, 4.69) is 54.7 Å². The standard InChI is InChI=1S/C51H63ClN6O8S/c1-31-42(67-30-55-31)33-14-12-32(13-15-33)27-54-45(62)40-24-36(59)28-58(40)46(63)43(49(2,3)4)56-41(60)29-64-22-10-9-11-23-65-37-19-16-34(17-20-37)44(61)57-47-50(5,6)48(51(47,7)8)66-38-21-18-35(26-53)39(52)25-38/h12-21,25,30,36,40,43,47-48,59H,9-11,22-24,27-29H2,1-8H3,(H,54,62)(H,56,60)(H,57,61)/t36-,40+,43-,47-,48-/m1/s1. The molecule has 4 N–H and O–H groups in total. The lowest BCUT2D eigenvalue weighted by molar-refractivity contribution is -0.164. The number of aryl methyl sites for hydroxylation is 1. The summed E-state index contributed by atoms with van der Waals surface area (Å²) in [5.74, 6) is -0.228. The van der Waals surface area contributed by atoms with Gasteiger partial charge in [-0.3, -0.25) is 19.2 Å². The smallest absolute Gasteiger partial charge is 0.251 e. The summed E-state index contributed by atoms with van der Waals surface area (Å²) in [6.07, 6.45) is 1.25. The monoisotopic (exact) mass is 954 g/mol. The highest BCUT2D eigenvalue weighted by Gasteiger charge is 2.64. The van der Waals surface area contributed by atoms with Gasteiger partial charge in [-0.2, -0.15) is 5.26 Å². The molecule has 1 aromatic heterocycles. The molecule has 2 fully saturated rings. The molecule has 1 saturated heterocycles. The van der Waals surface area contributed by atoms with Crippen LogP contribution in [0.25, 0.3) is 10.4 Å². The van der Waals surface area contributed by atoms with Crippen LogP contribution in [0.15, 0.2) is 72.2 Å². The Kier molecular flexibility index (Phi) is 16.4. The normalized spacial score (nSPS) is 19.9. The number of carbonyl (C=O) groups excluding carboxylic acids is 4. The van der Waals surface area contributed by atoms with Crippen LogP contribution in [0.1, 0.15) is 101 Å². The Morgan fingerprint density at radius 1 is 0.970 bits per heavy atom. The van der Waals surface area contributed by atoms with Crippen molar-refractivity contribution in [2.45, 2.75) is 118 Å². The Hall–Kier alpha value is -5.53. The van der Waals surface area contributed by atoms with Crippen molar-refractivity contribution in [3.63, 3.8) is 0 Å². The summed E-state index contributed by atoms with van der Waals surface area (Å²) in [4.78, 5) is 60.6. The van der Waals surface area contributed by atoms with Crippen LogP contribution in [-0.4, -0.2) is 95.3 Å². The van der Waals surface area contributed by atoms with Crippen LogP contribution in [0.4, 0.5) is 0 Å². The molecule has 14 nitrogen and oxygen atoms in total. The number of benzene rings is 3. The average molecular weight is 956 g/mol. The highest BCUT2D eigenvalue weighted by molar-refractivity contribution is 7.13. The molecule has 4 aromatic rings. The van der Waals surface area contributed by atoms with Crippen molar-refractivity contribution in [3.8, 4) is 28.0 Å². The number of nitrogens with zero attached hydrogens (tertiary/aromatic N) is 3. The van der Waals surface area contributed by atoms with Gasteiger partial charge in [0.05, 0.1) is 39.4 Å². The summed E-state index contributed by atoms with van der Waals surface area (Å²) in [6.45, 7) is 16.5. The van der Waals surface area contributed by atoms with Gasteiger partial charge in [0.15, 0.2) is 0 Å². The molecule has 0 unspecified atom stereocenters. The first kappa shape index (κ1) is 50.9. The minimum absolute atomic E-state index is 0.0130. The van der Waals surface area contributed by atoms with E-state index in [-0.39, 0.29) is 60.9 Å². The van der Waals surface area contributed by atoms with E-state index in [0.717, 1.165) is 34.5 Å². The molecule has 1 saturated carbocycles. The molecule has 2 heterocycles. The van der Waals surface area contributed by atoms with E-state index in [0.29, 0.717) is 47.3 Å². The third-order valence-electron chi connectivity index (χ3n) is 12.7. The molecule has 1 aliphatic heterocycles. The number of likely N-dealkylation sites (tertiary alicyclic amines) is 1. The summed E-state index contributed by atoms with van der Waals surface area (Å²) >= 11 is 7.80. The average Bonchev–Trinajstić information content (AvgIpc) is 3.91. The second kappa shape index (κ2) is 21.6. The largest absolute Gasteiger partial charge is 0.494 e. The highest BCUT2D eigenvalue weighted by Crippen LogP contribution is 2.55. The van der Waals surface area contributed by atoms with Crippen LogP contribution in [0, 0.1) is 34.5 Å². The van der Waals surface area contributed by atoms with Crippen molar-refractivity contribution in [1.82, 2.24) is 25.8 Å². The van der Waals surface area contributed by atoms with E-state index < -0.39 is 35.4 Å². The zero-order chi connectivity index (χ0) is 48.7. The van der Waals surface area contributed by atoms with Gasteiger partial charge in [0.1, 0.15) is 42.4 Å². The van der Waals surface area contributed by atoms with Gasteiger partial charge in [0.25, 0.3) is 5.91 Å². The Bertz CT molecular complexity index is 2410. The Morgan fingerprint density at radius 3 is 2.27 bits per heavy atom. The third kappa shape index (κ3) is 12.3. The molecule has 0 bridgehead atoms. The van der Waals surface area contributed by atoms with Gasteiger partial charge in [0, 0.05) is 54.6 Å². The maximum absolute atomic E-state index is 14.0. The number of aromatic nitrogens is 1. The van der Waals surface area contributed by atoms with Gasteiger partial charge in [-0.15, -0.1) is 11.3 Å². The zero-order valence-corrected chi connectivity index (χ0v) is 41.2. The predicted molar refractivity (Wildman–Crippen MR) is 258 cm³/mol. The third-order valence-corrected chi connectivity index (χ3v) is 14.0. The van der Waals surface area contributed by atoms with Crippen LogP contribution in [0.5, 0.6) is 11.5 Å². The summed E-state index contributed by atoms with van der Waals surface area (Å²) in [5, 5.41) is 29.1. The molecular formula is C51H63ClN6O8S. The number of halogens is 1. The molecule has 67 heavy (non-hydrogen) atoms. The topological polar surface area (TPSA) is 192 Å². The lowest BCUT2D eigenvalue weighted by Crippen LogP contribution is -2.74. The second-order valence-electron chi connectivity index (χ2n) is 19.7. The number of ether oxygens (including phenoxy) is 3. The van der Waals surface area contributed by atoms with E-state index in [4.69, 9.17) is 25.8 Å². The lowest BCUT2D eigenvalue weighted by atomic mass is 9.49. The summed E-state index contributed by atoms with van der Waals surface area (Å²) in [7, 11) is 0. The number of hydrogen-bond acceptors (Lipinski definition) is 11. The van der Waals surface area contributed by atoms with Crippen molar-refractivity contribution in [3.05, 3.63) is 99.6 Å². The number of carbonyl (C=O) groups is 4. The minimum atomic E-state index is -0.953. The molecule has 0 radical (unpaired) electrons. The van der Waals surface area contributed by atoms with Gasteiger partial charge in [0.2, 0.25) is 17.7 Å². The predicted octanol–water partition coefficient (Wildman–Crippen LogP) is 7.63. The number of aliphatic hydroxyl groups is 1. The van der Waals surface area contributed by atoms with E-state index >= 15 is 0 Å². The van der Waals surface area contributed by atoms with Crippen LogP contribution >= 0.6 is 22.9 Å². The number of hydrogen-bond donors (Lipinski definition) is 4. The first-order valence-corrected chi connectivity index (χ1v) is 24.0. The first-order valence-electron chi connectivity index (χ1n) is 22.7. The van der Waals surface area contributed by atoms with Crippen molar-refractivity contribution >= 4 is 46.6 Å². The maximum Gasteiger partial charge on any atom is 0.251 e. The lowest BCUT2D eigenvalue weighted by Gasteiger charge is -2.63. The molecular weight excluding hydrogens is 892 g/mol. The number of aliphatic hydroxyl groups excluding tert-OH is 1. The second-order valence-corrected chi connectivity index (χ2v) is 21.0. The summed E-state index contributed by atoms with van der Waals surface area (Å²) < 4.78 is 17.9. The van der Waals surface area contributed by atoms with E-state index in [1.807, 2.05) is 57.5 Å². The number of thiazole rings is 1. The van der Waals surface area contributed by atoms with Crippen molar-refractivity contribution in [2.75, 3.05) is 26.4 Å². The molecule has 2 aliphatic rings. The highest BCUT2D eigenvalue weighted by atomic mass is 35.5. The van der Waals surface area contributed by atoms with Gasteiger partial charge >= 0.3 is 0 Å². The quantitative estimate of drug-likeness (QED) is 0.0680. The molecule has 358 valence electrons. The number of β-amino-alcohol motifs (C(OH)–C–C–N with tert-alkyl or cyclic N) is 1. The van der Waals surface area contributed by atoms with Crippen LogP contribution in [-0.2, 0) is 25.7 Å². The number of unbranched alkanes of at least 4 members (excludes halogenated alkanes) is 2. The number of amides is 4. The Morgan fingerprint density at radius 2 is 1.64 bits per heavy atom. The van der Waals surface area contributed by atoms with E-state index in [1.54, 1.807) is 53.8 Å². The molecule has 3 atom stereocenters. The maximum atomic E-state index is 14.0. The van der Waals surface area contributed by atoms with E-state index in [1.165, 1.54) is 4.90 Å². The summed E-state index contributed by atoms with van der Waals surface area (Å²) in [5.41, 5.74) is 4.14. The van der Waals surface area contributed by atoms with Gasteiger partial charge < -0.3 is 40.2 Å². The molecule has 3 aromatic carbocycles. The minimum Gasteiger partial charge on any atom is -0.494 e. The van der Waals surface area contributed by atoms with E-state index in [9.17, 15) is 29.5 Å². The molecule has 16 heteroatoms. The SMILES string of the molecule is Cc1ncsc1-c1ccc(CNC(=O)[C@@H]2C[C@@H](O)CN2C(=O)[C@@H](NC(=O)COCCCCCOc2ccc(C(=O)N[C@H]3C(C)(C)[C@H](Oc4ccc(C#N)c(Cl)c4)C3(C)C)cc2)C(C)(C)C)cc1. The number of nitriles is 1. The number of rotatable bonds is 19. The summed E-state index contributed by atoms with van der Waals surface area (Å²) in [6, 6.07) is 20.0. The fourth-order valence-corrected chi connectivity index (χ4v) is 10.4. The van der Waals surface area contributed by atoms with Crippen molar-refractivity contribution in [2.24, 2.45) is 16.2 Å². The van der Waals surface area contributed by atoms with Crippen LogP contribution in [0.3, 0.4) is 0 Å². The van der Waals surface area contributed by atoms with Crippen molar-refractivity contribution in [1.29, 1.82) is 5.26 Å².